The summed E-state index contributed by atoms with van der Waals surface area (Å²) in [4.78, 5) is 1.30. The second-order valence-electron chi connectivity index (χ2n) is 7.67. The molecular formula is C23H20N5O+. The summed E-state index contributed by atoms with van der Waals surface area (Å²) in [6.45, 7) is 2.25. The molecule has 2 aromatic rings. The zero-order chi connectivity index (χ0) is 20.4. The average molecular weight is 382 g/mol. The lowest BCUT2D eigenvalue weighted by atomic mass is 9.54. The summed E-state index contributed by atoms with van der Waals surface area (Å²) < 4.78 is 5.26. The van der Waals surface area contributed by atoms with Gasteiger partial charge in [-0.15, -0.1) is 0 Å². The van der Waals surface area contributed by atoms with Gasteiger partial charge in [-0.25, -0.2) is 0 Å². The van der Waals surface area contributed by atoms with Crippen LogP contribution in [0.3, 0.4) is 0 Å². The Morgan fingerprint density at radius 2 is 1.90 bits per heavy atom. The van der Waals surface area contributed by atoms with Crippen molar-refractivity contribution in [2.75, 3.05) is 13.1 Å². The largest absolute Gasteiger partial charge is 0.472 e. The van der Waals surface area contributed by atoms with Gasteiger partial charge in [0.25, 0.3) is 0 Å². The highest BCUT2D eigenvalue weighted by atomic mass is 16.3. The maximum absolute atomic E-state index is 10.0. The number of nitrogens with zero attached hydrogens (tertiary/aromatic N) is 3. The molecule has 1 saturated carbocycles. The quantitative estimate of drug-likeness (QED) is 0.792. The third-order valence-corrected chi connectivity index (χ3v) is 6.16. The van der Waals surface area contributed by atoms with Gasteiger partial charge in [0, 0.05) is 17.4 Å². The number of hydrogen-bond acceptors (Lipinski definition) is 5. The van der Waals surface area contributed by atoms with Crippen molar-refractivity contribution in [1.29, 1.82) is 21.2 Å². The van der Waals surface area contributed by atoms with Crippen LogP contribution in [-0.4, -0.2) is 18.8 Å². The third-order valence-electron chi connectivity index (χ3n) is 6.16. The van der Waals surface area contributed by atoms with Gasteiger partial charge in [-0.3, -0.25) is 0 Å². The van der Waals surface area contributed by atoms with Crippen molar-refractivity contribution < 1.29 is 9.32 Å². The van der Waals surface area contributed by atoms with Gasteiger partial charge in [-0.2, -0.15) is 15.8 Å². The van der Waals surface area contributed by atoms with Gasteiger partial charge in [-0.05, 0) is 23.3 Å². The van der Waals surface area contributed by atoms with Crippen LogP contribution in [0.5, 0.6) is 0 Å². The number of nitrogens with one attached hydrogen (secondary N) is 2. The maximum atomic E-state index is 10.0. The van der Waals surface area contributed by atoms with Crippen LogP contribution < -0.4 is 4.90 Å². The summed E-state index contributed by atoms with van der Waals surface area (Å²) in [6.07, 6.45) is 5.12. The second-order valence-corrected chi connectivity index (χ2v) is 7.67. The van der Waals surface area contributed by atoms with Gasteiger partial charge >= 0.3 is 0 Å². The minimum Gasteiger partial charge on any atom is -0.472 e. The van der Waals surface area contributed by atoms with E-state index in [4.69, 9.17) is 9.83 Å². The van der Waals surface area contributed by atoms with Crippen LogP contribution in [0.1, 0.15) is 17.0 Å². The molecule has 4 rings (SSSR count). The topological polar surface area (TPSA) is 113 Å². The van der Waals surface area contributed by atoms with Crippen LogP contribution >= 0.6 is 0 Å². The molecule has 2 unspecified atom stereocenters. The fourth-order valence-corrected chi connectivity index (χ4v) is 4.82. The van der Waals surface area contributed by atoms with Crippen LogP contribution in [0.15, 0.2) is 65.0 Å². The van der Waals surface area contributed by atoms with E-state index in [-0.39, 0.29) is 11.6 Å². The minimum absolute atomic E-state index is 0.120. The Hall–Kier alpha value is -3.66. The van der Waals surface area contributed by atoms with E-state index in [9.17, 15) is 15.8 Å². The third kappa shape index (κ3) is 2.93. The molecular weight excluding hydrogens is 362 g/mol. The van der Waals surface area contributed by atoms with E-state index in [1.165, 1.54) is 16.7 Å². The first-order valence-electron chi connectivity index (χ1n) is 9.55. The molecule has 0 bridgehead atoms. The number of benzene rings is 1. The number of hydrogen-bond donors (Lipinski definition) is 2. The molecule has 142 valence electrons. The van der Waals surface area contributed by atoms with Crippen molar-refractivity contribution in [3.63, 3.8) is 0 Å². The Bertz CT molecular complexity index is 1050. The standard InChI is InChI=1S/C23H19N5O/c24-10-19-18-6-8-28(11-16-4-2-1-3-5-16)12-20(18)21(17-7-9-29-13-17)23(14-25,15-26)22(19)27/h1-7,9,13,19-21,27H,8,11-12H2/p+1/t19?,20-,21-/m0/s1. The molecule has 0 radical (unpaired) electrons. The van der Waals surface area contributed by atoms with E-state index in [1.807, 2.05) is 24.3 Å². The summed E-state index contributed by atoms with van der Waals surface area (Å²) in [5, 5.41) is 38.4. The first-order chi connectivity index (χ1) is 14.1. The Balaban J connectivity index is 1.78. The Morgan fingerprint density at radius 3 is 2.52 bits per heavy atom. The number of quaternary nitrogens is 1. The lowest BCUT2D eigenvalue weighted by molar-refractivity contribution is -0.913. The molecule has 0 amide bonds. The molecule has 29 heavy (non-hydrogen) atoms. The number of furan rings is 1. The molecule has 0 saturated heterocycles. The summed E-state index contributed by atoms with van der Waals surface area (Å²) in [7, 11) is 0. The van der Waals surface area contributed by atoms with Crippen LogP contribution in [-0.2, 0) is 6.54 Å². The van der Waals surface area contributed by atoms with Gasteiger partial charge in [0.1, 0.15) is 12.5 Å². The molecule has 6 nitrogen and oxygen atoms in total. The lowest BCUT2D eigenvalue weighted by Gasteiger charge is -2.45. The molecule has 1 aliphatic heterocycles. The zero-order valence-electron chi connectivity index (χ0n) is 15.8. The van der Waals surface area contributed by atoms with E-state index in [1.54, 1.807) is 12.3 Å². The molecule has 1 aliphatic carbocycles. The number of fused-ring (bicyclic) bond motifs is 1. The highest BCUT2D eigenvalue weighted by molar-refractivity contribution is 6.00. The van der Waals surface area contributed by atoms with E-state index in [0.717, 1.165) is 24.2 Å². The molecule has 1 fully saturated rings. The normalized spacial score (nSPS) is 27.6. The smallest absolute Gasteiger partial charge is 0.190 e. The Morgan fingerprint density at radius 1 is 1.14 bits per heavy atom. The van der Waals surface area contributed by atoms with Crippen LogP contribution in [0.4, 0.5) is 0 Å². The van der Waals surface area contributed by atoms with E-state index >= 15 is 0 Å². The zero-order valence-corrected chi connectivity index (χ0v) is 15.8. The molecule has 1 aromatic carbocycles. The molecule has 1 aromatic heterocycles. The van der Waals surface area contributed by atoms with Gasteiger partial charge in [0.15, 0.2) is 5.41 Å². The van der Waals surface area contributed by atoms with E-state index in [0.29, 0.717) is 6.54 Å². The highest BCUT2D eigenvalue weighted by Crippen LogP contribution is 2.52. The van der Waals surface area contributed by atoms with Crippen molar-refractivity contribution in [1.82, 2.24) is 0 Å². The lowest BCUT2D eigenvalue weighted by Crippen LogP contribution is -3.12. The fourth-order valence-electron chi connectivity index (χ4n) is 4.82. The summed E-state index contributed by atoms with van der Waals surface area (Å²) in [6, 6.07) is 18.3. The van der Waals surface area contributed by atoms with Crippen LogP contribution in [0.25, 0.3) is 0 Å². The second kappa shape index (κ2) is 7.40. The van der Waals surface area contributed by atoms with Gasteiger partial charge in [-0.1, -0.05) is 30.3 Å². The molecule has 2 heterocycles. The Kier molecular flexibility index (Phi) is 4.77. The van der Waals surface area contributed by atoms with Crippen molar-refractivity contribution in [3.8, 4) is 18.2 Å². The van der Waals surface area contributed by atoms with E-state index in [2.05, 4.69) is 30.3 Å². The summed E-state index contributed by atoms with van der Waals surface area (Å²) in [5.74, 6) is -1.55. The van der Waals surface area contributed by atoms with Crippen molar-refractivity contribution in [2.45, 2.75) is 12.5 Å². The average Bonchev–Trinajstić information content (AvgIpc) is 3.28. The molecule has 0 spiro atoms. The number of nitriles is 3. The molecule has 4 atom stereocenters. The van der Waals surface area contributed by atoms with Crippen LogP contribution in [0, 0.1) is 56.7 Å². The molecule has 2 N–H and O–H groups in total. The van der Waals surface area contributed by atoms with Gasteiger partial charge < -0.3 is 14.7 Å². The van der Waals surface area contributed by atoms with Crippen molar-refractivity contribution >= 4 is 5.71 Å². The molecule has 2 aliphatic rings. The summed E-state index contributed by atoms with van der Waals surface area (Å²) >= 11 is 0. The highest BCUT2D eigenvalue weighted by Gasteiger charge is 2.58. The monoisotopic (exact) mass is 382 g/mol. The fraction of sp³-hybridized carbons (Fsp3) is 0.304. The predicted molar refractivity (Wildman–Crippen MR) is 104 cm³/mol. The predicted octanol–water partition coefficient (Wildman–Crippen LogP) is 2.21. The van der Waals surface area contributed by atoms with E-state index < -0.39 is 17.3 Å². The Labute approximate surface area is 169 Å². The van der Waals surface area contributed by atoms with Gasteiger partial charge in [0.05, 0.1) is 49.5 Å². The SMILES string of the molecule is N#CC1C(=N)C(C#N)(C#N)[C@@H](c2ccoc2)[C@H]2C[NH+](Cc3ccccc3)CC=C12. The number of rotatable bonds is 3. The van der Waals surface area contributed by atoms with Crippen molar-refractivity contribution in [3.05, 3.63) is 71.7 Å². The molecule has 6 heteroatoms. The minimum atomic E-state index is -1.68. The first-order valence-corrected chi connectivity index (χ1v) is 9.55. The summed E-state index contributed by atoms with van der Waals surface area (Å²) in [5.41, 5.74) is 1.01. The van der Waals surface area contributed by atoms with Gasteiger partial charge in [0.2, 0.25) is 0 Å². The first kappa shape index (κ1) is 18.7. The maximum Gasteiger partial charge on any atom is 0.190 e. The van der Waals surface area contributed by atoms with Crippen LogP contribution in [0.2, 0.25) is 0 Å². The van der Waals surface area contributed by atoms with Crippen molar-refractivity contribution in [2.24, 2.45) is 17.3 Å².